The number of aliphatic hydroxyl groups excluding tert-OH is 1. The quantitative estimate of drug-likeness (QED) is 0.264. The predicted molar refractivity (Wildman–Crippen MR) is 125 cm³/mol. The first-order valence-electron chi connectivity index (χ1n) is 11.0. The number of ketones is 1. The zero-order valence-electron chi connectivity index (χ0n) is 19.8. The second kappa shape index (κ2) is 10.5. The number of aryl methyl sites for hydroxylation is 1. The van der Waals surface area contributed by atoms with Crippen LogP contribution in [0.4, 0.5) is 0 Å². The molecule has 2 aromatic carbocycles. The number of hydrogen-bond donors (Lipinski definition) is 1. The van der Waals surface area contributed by atoms with E-state index < -0.39 is 17.7 Å². The fourth-order valence-corrected chi connectivity index (χ4v) is 4.02. The van der Waals surface area contributed by atoms with Crippen LogP contribution in [0.25, 0.3) is 5.76 Å². The lowest BCUT2D eigenvalue weighted by Crippen LogP contribution is -2.31. The number of carbonyl (C=O) groups is 2. The molecule has 1 saturated heterocycles. The summed E-state index contributed by atoms with van der Waals surface area (Å²) in [6, 6.07) is 11.8. The average molecular weight is 454 g/mol. The Hall–Kier alpha value is -3.32. The second-order valence-corrected chi connectivity index (χ2v) is 8.28. The van der Waals surface area contributed by atoms with E-state index >= 15 is 0 Å². The molecular weight excluding hydrogens is 422 g/mol. The highest BCUT2D eigenvalue weighted by Gasteiger charge is 2.46. The van der Waals surface area contributed by atoms with E-state index in [1.165, 1.54) is 12.0 Å². The number of amides is 1. The van der Waals surface area contributed by atoms with Crippen molar-refractivity contribution in [2.24, 2.45) is 0 Å². The summed E-state index contributed by atoms with van der Waals surface area (Å²) in [5.74, 6) is -0.603. The van der Waals surface area contributed by atoms with Gasteiger partial charge in [-0.25, -0.2) is 0 Å². The van der Waals surface area contributed by atoms with Crippen molar-refractivity contribution in [3.05, 3.63) is 64.7 Å². The molecule has 2 aromatic rings. The third-order valence-corrected chi connectivity index (χ3v) is 5.44. The van der Waals surface area contributed by atoms with Crippen LogP contribution in [0.3, 0.4) is 0 Å². The largest absolute Gasteiger partial charge is 0.507 e. The van der Waals surface area contributed by atoms with Gasteiger partial charge in [0.1, 0.15) is 17.3 Å². The van der Waals surface area contributed by atoms with Gasteiger partial charge in [-0.15, -0.1) is 0 Å². The fraction of sp³-hybridized carbons (Fsp3) is 0.385. The fourth-order valence-electron chi connectivity index (χ4n) is 4.02. The Morgan fingerprint density at radius 1 is 1.12 bits per heavy atom. The van der Waals surface area contributed by atoms with E-state index in [0.29, 0.717) is 42.2 Å². The molecule has 1 aliphatic rings. The molecule has 0 aliphatic carbocycles. The molecule has 7 nitrogen and oxygen atoms in total. The zero-order chi connectivity index (χ0) is 24.1. The number of nitrogens with zero attached hydrogens (tertiary/aromatic N) is 1. The van der Waals surface area contributed by atoms with E-state index in [1.54, 1.807) is 25.3 Å². The van der Waals surface area contributed by atoms with Crippen molar-refractivity contribution >= 4 is 17.4 Å². The molecule has 1 N–H and O–H groups in total. The molecule has 33 heavy (non-hydrogen) atoms. The van der Waals surface area contributed by atoms with E-state index in [0.717, 1.165) is 5.56 Å². The molecule has 1 fully saturated rings. The molecular formula is C26H31NO6. The Kier molecular flexibility index (Phi) is 7.76. The normalized spacial score (nSPS) is 17.6. The van der Waals surface area contributed by atoms with Crippen LogP contribution in [0.2, 0.25) is 0 Å². The number of methoxy groups -OCH3 is 2. The van der Waals surface area contributed by atoms with E-state index in [-0.39, 0.29) is 17.4 Å². The van der Waals surface area contributed by atoms with Crippen LogP contribution in [-0.2, 0) is 14.3 Å². The van der Waals surface area contributed by atoms with E-state index in [4.69, 9.17) is 14.2 Å². The molecule has 0 bridgehead atoms. The second-order valence-electron chi connectivity index (χ2n) is 8.28. The number of Topliss-reactive ketones (excluding diaryl/α,β-unsaturated/α-hetero) is 1. The Balaban J connectivity index is 2.18. The summed E-state index contributed by atoms with van der Waals surface area (Å²) in [5.41, 5.74) is 1.96. The molecule has 1 atom stereocenters. The van der Waals surface area contributed by atoms with E-state index in [9.17, 15) is 14.7 Å². The first-order valence-corrected chi connectivity index (χ1v) is 11.0. The topological polar surface area (TPSA) is 85.3 Å². The Bertz CT molecular complexity index is 1060. The van der Waals surface area contributed by atoms with Gasteiger partial charge < -0.3 is 24.2 Å². The molecule has 3 rings (SSSR count). The highest BCUT2D eigenvalue weighted by Crippen LogP contribution is 2.41. The summed E-state index contributed by atoms with van der Waals surface area (Å²) >= 11 is 0. The van der Waals surface area contributed by atoms with Gasteiger partial charge in [-0.1, -0.05) is 23.8 Å². The van der Waals surface area contributed by atoms with Crippen LogP contribution in [0, 0.1) is 6.92 Å². The minimum absolute atomic E-state index is 0.0306. The minimum atomic E-state index is -0.761. The maximum atomic E-state index is 13.2. The van der Waals surface area contributed by atoms with Crippen LogP contribution in [0.15, 0.2) is 48.0 Å². The van der Waals surface area contributed by atoms with Gasteiger partial charge in [-0.2, -0.15) is 0 Å². The van der Waals surface area contributed by atoms with Gasteiger partial charge in [0.2, 0.25) is 0 Å². The predicted octanol–water partition coefficient (Wildman–Crippen LogP) is 4.25. The van der Waals surface area contributed by atoms with Crippen molar-refractivity contribution in [1.82, 2.24) is 4.90 Å². The summed E-state index contributed by atoms with van der Waals surface area (Å²) in [6.45, 7) is 6.48. The van der Waals surface area contributed by atoms with Gasteiger partial charge in [0, 0.05) is 20.3 Å². The van der Waals surface area contributed by atoms with Crippen LogP contribution < -0.4 is 9.47 Å². The van der Waals surface area contributed by atoms with E-state index in [1.807, 2.05) is 45.0 Å². The van der Waals surface area contributed by atoms with Crippen molar-refractivity contribution in [2.75, 3.05) is 27.4 Å². The molecule has 1 heterocycles. The molecule has 0 spiro atoms. The number of likely N-dealkylation sites (tertiary alicyclic amines) is 1. The number of benzene rings is 2. The monoisotopic (exact) mass is 453 g/mol. The lowest BCUT2D eigenvalue weighted by molar-refractivity contribution is -0.140. The lowest BCUT2D eigenvalue weighted by atomic mass is 9.94. The third kappa shape index (κ3) is 5.20. The van der Waals surface area contributed by atoms with Gasteiger partial charge >= 0.3 is 0 Å². The van der Waals surface area contributed by atoms with Crippen LogP contribution >= 0.6 is 0 Å². The number of ether oxygens (including phenoxy) is 3. The Morgan fingerprint density at radius 2 is 1.88 bits per heavy atom. The van der Waals surface area contributed by atoms with Crippen LogP contribution in [0.1, 0.15) is 43.0 Å². The molecule has 1 unspecified atom stereocenters. The maximum absolute atomic E-state index is 13.2. The van der Waals surface area contributed by atoms with Gasteiger partial charge in [-0.3, -0.25) is 9.59 Å². The number of hydrogen-bond acceptors (Lipinski definition) is 6. The molecule has 1 amide bonds. The van der Waals surface area contributed by atoms with E-state index in [2.05, 4.69) is 0 Å². The summed E-state index contributed by atoms with van der Waals surface area (Å²) in [6.07, 6.45) is 0.514. The minimum Gasteiger partial charge on any atom is -0.507 e. The van der Waals surface area contributed by atoms with Gasteiger partial charge in [0.05, 0.1) is 30.4 Å². The number of carbonyl (C=O) groups excluding carboxylic acids is 2. The first-order chi connectivity index (χ1) is 15.8. The van der Waals surface area contributed by atoms with Crippen molar-refractivity contribution < 1.29 is 28.9 Å². The summed E-state index contributed by atoms with van der Waals surface area (Å²) in [5, 5.41) is 11.3. The number of aliphatic hydroxyl groups is 1. The summed E-state index contributed by atoms with van der Waals surface area (Å²) in [7, 11) is 3.08. The molecule has 7 heteroatoms. The van der Waals surface area contributed by atoms with Crippen molar-refractivity contribution in [2.45, 2.75) is 39.3 Å². The van der Waals surface area contributed by atoms with Crippen LogP contribution in [0.5, 0.6) is 11.5 Å². The smallest absolute Gasteiger partial charge is 0.295 e. The molecule has 1 aliphatic heterocycles. The van der Waals surface area contributed by atoms with Gasteiger partial charge in [0.15, 0.2) is 0 Å². The zero-order valence-corrected chi connectivity index (χ0v) is 19.8. The maximum Gasteiger partial charge on any atom is 0.295 e. The Labute approximate surface area is 194 Å². The molecule has 0 saturated carbocycles. The summed E-state index contributed by atoms with van der Waals surface area (Å²) < 4.78 is 16.4. The summed E-state index contributed by atoms with van der Waals surface area (Å²) in [4.78, 5) is 27.7. The Morgan fingerprint density at radius 3 is 2.55 bits per heavy atom. The molecule has 0 radical (unpaired) electrons. The highest BCUT2D eigenvalue weighted by atomic mass is 16.5. The van der Waals surface area contributed by atoms with Crippen molar-refractivity contribution in [1.29, 1.82) is 0 Å². The third-order valence-electron chi connectivity index (χ3n) is 5.44. The van der Waals surface area contributed by atoms with Crippen molar-refractivity contribution in [3.8, 4) is 11.5 Å². The highest BCUT2D eigenvalue weighted by molar-refractivity contribution is 6.46. The first kappa shape index (κ1) is 24.3. The SMILES string of the molecule is COCCCN1C(=O)C(=O)/C(=C(/O)c2cc(C)ccc2OC)C1c1cccc(OC(C)C)c1. The molecule has 176 valence electrons. The van der Waals surface area contributed by atoms with Crippen LogP contribution in [-0.4, -0.2) is 55.2 Å². The standard InChI is InChI=1S/C26H31NO6/c1-16(2)33-19-9-6-8-18(15-19)23-22(25(29)26(30)27(23)12-7-13-31-4)24(28)20-14-17(3)10-11-21(20)32-5/h6,8-11,14-16,23,28H,7,12-13H2,1-5H3/b24-22+. The number of rotatable bonds is 9. The molecule has 0 aromatic heterocycles. The lowest BCUT2D eigenvalue weighted by Gasteiger charge is -2.26. The van der Waals surface area contributed by atoms with Gasteiger partial charge in [-0.05, 0) is 57.0 Å². The van der Waals surface area contributed by atoms with Crippen molar-refractivity contribution in [3.63, 3.8) is 0 Å². The van der Waals surface area contributed by atoms with Gasteiger partial charge in [0.25, 0.3) is 11.7 Å². The average Bonchev–Trinajstić information content (AvgIpc) is 3.03.